The average Bonchev–Trinajstić information content (AvgIpc) is 3.17. The Morgan fingerprint density at radius 3 is 2.64 bits per heavy atom. The molecule has 2 heterocycles. The van der Waals surface area contributed by atoms with Crippen LogP contribution in [0.2, 0.25) is 0 Å². The van der Waals surface area contributed by atoms with E-state index in [0.717, 1.165) is 29.4 Å². The van der Waals surface area contributed by atoms with E-state index in [-0.39, 0.29) is 17.6 Å². The van der Waals surface area contributed by atoms with Crippen LogP contribution in [0.5, 0.6) is 5.75 Å². The van der Waals surface area contributed by atoms with Crippen LogP contribution >= 0.6 is 0 Å². The molecule has 2 aromatic carbocycles. The lowest BCUT2D eigenvalue weighted by Crippen LogP contribution is -2.43. The van der Waals surface area contributed by atoms with Gasteiger partial charge in [-0.3, -0.25) is 14.3 Å². The van der Waals surface area contributed by atoms with Crippen LogP contribution in [0.25, 0.3) is 10.8 Å². The molecule has 0 bridgehead atoms. The second-order valence-corrected chi connectivity index (χ2v) is 7.22. The van der Waals surface area contributed by atoms with Crippen molar-refractivity contribution in [2.75, 3.05) is 20.2 Å². The SMILES string of the molecule is COc1ccc2cc(C(=O)[C@@H]3CCCN(C(=O)c4ccnn4C)C3)ccc2c1. The molecular weight excluding hydrogens is 354 g/mol. The summed E-state index contributed by atoms with van der Waals surface area (Å²) in [5, 5.41) is 6.11. The first kappa shape index (κ1) is 18.2. The van der Waals surface area contributed by atoms with Gasteiger partial charge in [0.1, 0.15) is 11.4 Å². The van der Waals surface area contributed by atoms with Crippen LogP contribution in [-0.2, 0) is 7.05 Å². The van der Waals surface area contributed by atoms with Crippen LogP contribution in [0.4, 0.5) is 0 Å². The smallest absolute Gasteiger partial charge is 0.272 e. The van der Waals surface area contributed by atoms with Gasteiger partial charge in [0.25, 0.3) is 5.91 Å². The van der Waals surface area contributed by atoms with Gasteiger partial charge in [0.15, 0.2) is 5.78 Å². The number of carbonyl (C=O) groups excluding carboxylic acids is 2. The summed E-state index contributed by atoms with van der Waals surface area (Å²) in [6.07, 6.45) is 3.24. The second-order valence-electron chi connectivity index (χ2n) is 7.22. The number of fused-ring (bicyclic) bond motifs is 1. The number of Topliss-reactive ketones (excluding diaryl/α,β-unsaturated/α-hetero) is 1. The number of ketones is 1. The topological polar surface area (TPSA) is 64.4 Å². The number of amides is 1. The molecule has 6 nitrogen and oxygen atoms in total. The van der Waals surface area contributed by atoms with Crippen LogP contribution in [0.15, 0.2) is 48.7 Å². The molecule has 0 N–H and O–H groups in total. The number of methoxy groups -OCH3 is 1. The quantitative estimate of drug-likeness (QED) is 0.655. The molecule has 6 heteroatoms. The molecule has 1 aliphatic heterocycles. The lowest BCUT2D eigenvalue weighted by molar-refractivity contribution is 0.0628. The van der Waals surface area contributed by atoms with Crippen molar-refractivity contribution in [1.82, 2.24) is 14.7 Å². The van der Waals surface area contributed by atoms with Crippen molar-refractivity contribution in [3.05, 3.63) is 59.9 Å². The third kappa shape index (κ3) is 3.38. The summed E-state index contributed by atoms with van der Waals surface area (Å²) in [4.78, 5) is 27.6. The van der Waals surface area contributed by atoms with Gasteiger partial charge in [-0.05, 0) is 47.9 Å². The van der Waals surface area contributed by atoms with E-state index in [4.69, 9.17) is 4.74 Å². The maximum atomic E-state index is 13.1. The number of benzene rings is 2. The summed E-state index contributed by atoms with van der Waals surface area (Å²) in [6, 6.07) is 13.3. The van der Waals surface area contributed by atoms with E-state index in [0.29, 0.717) is 24.3 Å². The molecule has 1 atom stereocenters. The largest absolute Gasteiger partial charge is 0.497 e. The molecule has 1 aromatic heterocycles. The predicted octanol–water partition coefficient (Wildman–Crippen LogP) is 3.32. The number of rotatable bonds is 4. The number of hydrogen-bond donors (Lipinski definition) is 0. The number of piperidine rings is 1. The highest BCUT2D eigenvalue weighted by Gasteiger charge is 2.30. The Balaban J connectivity index is 1.53. The zero-order chi connectivity index (χ0) is 19.7. The Hall–Kier alpha value is -3.15. The van der Waals surface area contributed by atoms with E-state index >= 15 is 0 Å². The summed E-state index contributed by atoms with van der Waals surface area (Å²) < 4.78 is 6.83. The van der Waals surface area contributed by atoms with Crippen LogP contribution in [0.1, 0.15) is 33.7 Å². The summed E-state index contributed by atoms with van der Waals surface area (Å²) in [6.45, 7) is 1.12. The minimum Gasteiger partial charge on any atom is -0.497 e. The Kier molecular flexibility index (Phi) is 4.86. The van der Waals surface area contributed by atoms with Crippen molar-refractivity contribution in [3.8, 4) is 5.75 Å². The fraction of sp³-hybridized carbons (Fsp3) is 0.318. The van der Waals surface area contributed by atoms with Crippen molar-refractivity contribution in [2.24, 2.45) is 13.0 Å². The maximum Gasteiger partial charge on any atom is 0.272 e. The van der Waals surface area contributed by atoms with Crippen molar-refractivity contribution in [2.45, 2.75) is 12.8 Å². The van der Waals surface area contributed by atoms with Crippen molar-refractivity contribution in [3.63, 3.8) is 0 Å². The number of carbonyl (C=O) groups is 2. The van der Waals surface area contributed by atoms with Gasteiger partial charge in [-0.25, -0.2) is 0 Å². The molecule has 0 saturated carbocycles. The van der Waals surface area contributed by atoms with Gasteiger partial charge in [-0.15, -0.1) is 0 Å². The highest BCUT2D eigenvalue weighted by atomic mass is 16.5. The molecule has 0 spiro atoms. The molecule has 4 rings (SSSR count). The zero-order valence-electron chi connectivity index (χ0n) is 16.1. The molecule has 1 fully saturated rings. The van der Waals surface area contributed by atoms with E-state index in [1.54, 1.807) is 36.0 Å². The number of aryl methyl sites for hydroxylation is 1. The summed E-state index contributed by atoms with van der Waals surface area (Å²) >= 11 is 0. The van der Waals surface area contributed by atoms with Crippen molar-refractivity contribution >= 4 is 22.5 Å². The van der Waals surface area contributed by atoms with Gasteiger partial charge in [0.05, 0.1) is 7.11 Å². The Bertz CT molecular complexity index is 1040. The highest BCUT2D eigenvalue weighted by molar-refractivity contribution is 6.02. The molecule has 3 aromatic rings. The lowest BCUT2D eigenvalue weighted by atomic mass is 9.89. The lowest BCUT2D eigenvalue weighted by Gasteiger charge is -2.32. The van der Waals surface area contributed by atoms with Crippen LogP contribution < -0.4 is 4.74 Å². The molecule has 1 amide bonds. The van der Waals surface area contributed by atoms with E-state index in [1.807, 2.05) is 36.4 Å². The molecular formula is C22H23N3O3. The number of ether oxygens (including phenoxy) is 1. The van der Waals surface area contributed by atoms with Crippen LogP contribution in [0.3, 0.4) is 0 Å². The average molecular weight is 377 g/mol. The highest BCUT2D eigenvalue weighted by Crippen LogP contribution is 2.26. The first-order valence-corrected chi connectivity index (χ1v) is 9.46. The van der Waals surface area contributed by atoms with Crippen molar-refractivity contribution < 1.29 is 14.3 Å². The van der Waals surface area contributed by atoms with Crippen LogP contribution in [0, 0.1) is 5.92 Å². The molecule has 0 radical (unpaired) electrons. The second kappa shape index (κ2) is 7.46. The number of likely N-dealkylation sites (tertiary alicyclic amines) is 1. The molecule has 0 aliphatic carbocycles. The minimum atomic E-state index is -0.179. The Labute approximate surface area is 163 Å². The van der Waals surface area contributed by atoms with Gasteiger partial charge >= 0.3 is 0 Å². The van der Waals surface area contributed by atoms with E-state index < -0.39 is 0 Å². The van der Waals surface area contributed by atoms with Gasteiger partial charge < -0.3 is 9.64 Å². The Morgan fingerprint density at radius 1 is 1.11 bits per heavy atom. The van der Waals surface area contributed by atoms with E-state index in [1.165, 1.54) is 0 Å². The summed E-state index contributed by atoms with van der Waals surface area (Å²) in [7, 11) is 3.39. The van der Waals surface area contributed by atoms with Gasteiger partial charge in [-0.1, -0.05) is 18.2 Å². The van der Waals surface area contributed by atoms with E-state index in [9.17, 15) is 9.59 Å². The van der Waals surface area contributed by atoms with Gasteiger partial charge in [-0.2, -0.15) is 5.10 Å². The minimum absolute atomic E-state index is 0.0666. The third-order valence-electron chi connectivity index (χ3n) is 5.45. The first-order chi connectivity index (χ1) is 13.6. The fourth-order valence-electron chi connectivity index (χ4n) is 3.86. The number of hydrogen-bond acceptors (Lipinski definition) is 4. The number of nitrogens with zero attached hydrogens (tertiary/aromatic N) is 3. The number of aromatic nitrogens is 2. The molecule has 0 unspecified atom stereocenters. The van der Waals surface area contributed by atoms with E-state index in [2.05, 4.69) is 5.10 Å². The predicted molar refractivity (Wildman–Crippen MR) is 107 cm³/mol. The molecule has 1 aliphatic rings. The Morgan fingerprint density at radius 2 is 1.89 bits per heavy atom. The molecule has 144 valence electrons. The third-order valence-corrected chi connectivity index (χ3v) is 5.45. The summed E-state index contributed by atoms with van der Waals surface area (Å²) in [5.41, 5.74) is 1.24. The molecule has 28 heavy (non-hydrogen) atoms. The molecule has 1 saturated heterocycles. The van der Waals surface area contributed by atoms with Gasteiger partial charge in [0.2, 0.25) is 0 Å². The normalized spacial score (nSPS) is 16.9. The maximum absolute atomic E-state index is 13.1. The van der Waals surface area contributed by atoms with Crippen molar-refractivity contribution in [1.29, 1.82) is 0 Å². The van der Waals surface area contributed by atoms with Gasteiger partial charge in [0, 0.05) is 37.8 Å². The fourth-order valence-corrected chi connectivity index (χ4v) is 3.86. The monoisotopic (exact) mass is 377 g/mol. The standard InChI is InChI=1S/C22H23N3O3/c1-24-20(9-10-23-24)22(27)25-11-3-4-18(14-25)21(26)17-6-5-16-13-19(28-2)8-7-15(16)12-17/h5-10,12-13,18H,3-4,11,14H2,1-2H3/t18-/m1/s1. The zero-order valence-corrected chi connectivity index (χ0v) is 16.1. The first-order valence-electron chi connectivity index (χ1n) is 9.46. The summed E-state index contributed by atoms with van der Waals surface area (Å²) in [5.74, 6) is 0.646. The van der Waals surface area contributed by atoms with Crippen LogP contribution in [-0.4, -0.2) is 46.6 Å².